The largest absolute Gasteiger partial charge is 0.206 e. The predicted molar refractivity (Wildman–Crippen MR) is 89.2 cm³/mol. The maximum atomic E-state index is 14.5. The van der Waals surface area contributed by atoms with Crippen molar-refractivity contribution in [1.29, 1.82) is 0 Å². The first kappa shape index (κ1) is 15.8. The molecule has 2 rings (SSSR count). The van der Waals surface area contributed by atoms with E-state index in [9.17, 15) is 4.39 Å². The molecule has 0 N–H and O–H groups in total. The molecule has 0 heterocycles. The molecule has 112 valence electrons. The Morgan fingerprint density at radius 1 is 0.714 bits per heavy atom. The minimum absolute atomic E-state index is 0.0351. The molecular formula is C20H25F. The minimum atomic E-state index is -0.145. The normalized spacial score (nSPS) is 12.5. The molecule has 2 aromatic rings. The lowest BCUT2D eigenvalue weighted by Crippen LogP contribution is -2.12. The highest BCUT2D eigenvalue weighted by Gasteiger charge is 2.18. The quantitative estimate of drug-likeness (QED) is 0.594. The molecule has 0 unspecified atom stereocenters. The summed E-state index contributed by atoms with van der Waals surface area (Å²) in [6.45, 7) is 12.8. The Morgan fingerprint density at radius 3 is 1.81 bits per heavy atom. The molecule has 0 saturated carbocycles. The van der Waals surface area contributed by atoms with E-state index in [-0.39, 0.29) is 16.6 Å². The molecule has 1 heteroatoms. The smallest absolute Gasteiger partial charge is 0.131 e. The van der Waals surface area contributed by atoms with Gasteiger partial charge in [-0.3, -0.25) is 0 Å². The Bertz CT molecular complexity index is 640. The summed E-state index contributed by atoms with van der Waals surface area (Å²) in [5.74, 6) is -0.145. The molecule has 0 spiro atoms. The molecule has 0 fully saturated rings. The molecule has 0 aliphatic rings. The second kappa shape index (κ2) is 5.29. The third-order valence-electron chi connectivity index (χ3n) is 3.87. The second-order valence-corrected chi connectivity index (χ2v) is 7.78. The third kappa shape index (κ3) is 3.53. The van der Waals surface area contributed by atoms with Crippen molar-refractivity contribution in [3.8, 4) is 11.1 Å². The Labute approximate surface area is 128 Å². The van der Waals surface area contributed by atoms with Crippen LogP contribution >= 0.6 is 0 Å². The van der Waals surface area contributed by atoms with Crippen molar-refractivity contribution in [2.45, 2.75) is 52.4 Å². The lowest BCUT2D eigenvalue weighted by Gasteiger charge is -2.21. The molecule has 21 heavy (non-hydrogen) atoms. The van der Waals surface area contributed by atoms with Gasteiger partial charge in [0.15, 0.2) is 0 Å². The summed E-state index contributed by atoms with van der Waals surface area (Å²) in [7, 11) is 0. The molecule has 0 radical (unpaired) electrons. The van der Waals surface area contributed by atoms with Gasteiger partial charge >= 0.3 is 0 Å². The zero-order valence-electron chi connectivity index (χ0n) is 13.9. The van der Waals surface area contributed by atoms with Gasteiger partial charge in [0.05, 0.1) is 0 Å². The van der Waals surface area contributed by atoms with Crippen LogP contribution in [-0.4, -0.2) is 0 Å². The number of hydrogen-bond donors (Lipinski definition) is 0. The van der Waals surface area contributed by atoms with E-state index in [1.165, 1.54) is 5.56 Å². The van der Waals surface area contributed by atoms with Crippen LogP contribution in [0.1, 0.15) is 52.7 Å². The third-order valence-corrected chi connectivity index (χ3v) is 3.87. The molecule has 0 aliphatic carbocycles. The summed E-state index contributed by atoms with van der Waals surface area (Å²) in [5, 5.41) is 0. The van der Waals surface area contributed by atoms with E-state index in [1.807, 2.05) is 24.3 Å². The lowest BCUT2D eigenvalue weighted by molar-refractivity contribution is 0.573. The van der Waals surface area contributed by atoms with Crippen molar-refractivity contribution in [2.24, 2.45) is 0 Å². The molecular weight excluding hydrogens is 259 g/mol. The fourth-order valence-electron chi connectivity index (χ4n) is 2.37. The Balaban J connectivity index is 2.48. The van der Waals surface area contributed by atoms with Gasteiger partial charge < -0.3 is 0 Å². The molecule has 0 amide bonds. The molecule has 0 aliphatic heterocycles. The van der Waals surface area contributed by atoms with Crippen molar-refractivity contribution in [3.05, 3.63) is 59.4 Å². The monoisotopic (exact) mass is 284 g/mol. The highest BCUT2D eigenvalue weighted by Crippen LogP contribution is 2.31. The van der Waals surface area contributed by atoms with Crippen LogP contribution in [0.3, 0.4) is 0 Å². The maximum Gasteiger partial charge on any atom is 0.131 e. The van der Waals surface area contributed by atoms with E-state index in [0.717, 1.165) is 11.1 Å². The van der Waals surface area contributed by atoms with Crippen molar-refractivity contribution < 1.29 is 4.39 Å². The summed E-state index contributed by atoms with van der Waals surface area (Å²) in [6.07, 6.45) is 0. The van der Waals surface area contributed by atoms with Crippen LogP contribution in [0.5, 0.6) is 0 Å². The van der Waals surface area contributed by atoms with Crippen LogP contribution in [0.2, 0.25) is 0 Å². The van der Waals surface area contributed by atoms with Gasteiger partial charge in [-0.2, -0.15) is 0 Å². The van der Waals surface area contributed by atoms with Crippen LogP contribution in [0, 0.1) is 5.82 Å². The number of halogens is 1. The van der Waals surface area contributed by atoms with Gasteiger partial charge in [-0.1, -0.05) is 77.9 Å². The minimum Gasteiger partial charge on any atom is -0.206 e. The Kier molecular flexibility index (Phi) is 3.97. The topological polar surface area (TPSA) is 0 Å². The summed E-state index contributed by atoms with van der Waals surface area (Å²) >= 11 is 0. The zero-order valence-corrected chi connectivity index (χ0v) is 13.9. The Morgan fingerprint density at radius 2 is 1.29 bits per heavy atom. The lowest BCUT2D eigenvalue weighted by atomic mass is 9.84. The zero-order chi connectivity index (χ0) is 15.8. The fourth-order valence-corrected chi connectivity index (χ4v) is 2.37. The number of rotatable bonds is 1. The SMILES string of the molecule is CC(C)(C)c1cccc(-c2ccc(C(C)(C)C)cc2F)c1. The van der Waals surface area contributed by atoms with E-state index in [0.29, 0.717) is 5.56 Å². The van der Waals surface area contributed by atoms with Crippen molar-refractivity contribution in [1.82, 2.24) is 0 Å². The van der Waals surface area contributed by atoms with Crippen molar-refractivity contribution in [3.63, 3.8) is 0 Å². The number of hydrogen-bond acceptors (Lipinski definition) is 0. The van der Waals surface area contributed by atoms with Crippen LogP contribution in [0.15, 0.2) is 42.5 Å². The predicted octanol–water partition coefficient (Wildman–Crippen LogP) is 6.09. The van der Waals surface area contributed by atoms with Gasteiger partial charge in [0.1, 0.15) is 5.82 Å². The van der Waals surface area contributed by atoms with E-state index in [1.54, 1.807) is 6.07 Å². The van der Waals surface area contributed by atoms with Gasteiger partial charge in [0.25, 0.3) is 0 Å². The van der Waals surface area contributed by atoms with Crippen molar-refractivity contribution >= 4 is 0 Å². The maximum absolute atomic E-state index is 14.5. The average molecular weight is 284 g/mol. The molecule has 2 aromatic carbocycles. The molecule has 0 nitrogen and oxygen atoms in total. The highest BCUT2D eigenvalue weighted by atomic mass is 19.1. The summed E-state index contributed by atoms with van der Waals surface area (Å²) in [5.41, 5.74) is 3.90. The molecule has 0 aromatic heterocycles. The molecule has 0 atom stereocenters. The standard InChI is InChI=1S/C20H25F/c1-19(2,3)15-9-7-8-14(12-15)17-11-10-16(13-18(17)21)20(4,5)6/h7-13H,1-6H3. The van der Waals surface area contributed by atoms with E-state index in [4.69, 9.17) is 0 Å². The summed E-state index contributed by atoms with van der Waals surface area (Å²) in [6, 6.07) is 13.8. The van der Waals surface area contributed by atoms with E-state index in [2.05, 4.69) is 53.7 Å². The van der Waals surface area contributed by atoms with Gasteiger partial charge in [0.2, 0.25) is 0 Å². The van der Waals surface area contributed by atoms with Gasteiger partial charge in [0, 0.05) is 5.56 Å². The summed E-state index contributed by atoms with van der Waals surface area (Å²) in [4.78, 5) is 0. The molecule has 0 bridgehead atoms. The van der Waals surface area contributed by atoms with Gasteiger partial charge in [-0.15, -0.1) is 0 Å². The van der Waals surface area contributed by atoms with Crippen LogP contribution < -0.4 is 0 Å². The summed E-state index contributed by atoms with van der Waals surface area (Å²) < 4.78 is 14.5. The van der Waals surface area contributed by atoms with Gasteiger partial charge in [-0.25, -0.2) is 4.39 Å². The first-order valence-electron chi connectivity index (χ1n) is 7.50. The number of benzene rings is 2. The van der Waals surface area contributed by atoms with E-state index < -0.39 is 0 Å². The second-order valence-electron chi connectivity index (χ2n) is 7.78. The fraction of sp³-hybridized carbons (Fsp3) is 0.400. The first-order valence-corrected chi connectivity index (χ1v) is 7.50. The van der Waals surface area contributed by atoms with E-state index >= 15 is 0 Å². The van der Waals surface area contributed by atoms with Gasteiger partial charge in [-0.05, 0) is 33.6 Å². The Hall–Kier alpha value is -1.63. The van der Waals surface area contributed by atoms with Crippen LogP contribution in [0.25, 0.3) is 11.1 Å². The first-order chi connectivity index (χ1) is 9.59. The van der Waals surface area contributed by atoms with Crippen LogP contribution in [0.4, 0.5) is 4.39 Å². The van der Waals surface area contributed by atoms with Crippen LogP contribution in [-0.2, 0) is 10.8 Å². The highest BCUT2D eigenvalue weighted by molar-refractivity contribution is 5.66. The molecule has 0 saturated heterocycles. The van der Waals surface area contributed by atoms with Crippen molar-refractivity contribution in [2.75, 3.05) is 0 Å². The average Bonchev–Trinajstić information content (AvgIpc) is 2.36.